The lowest BCUT2D eigenvalue weighted by atomic mass is 9.69. The summed E-state index contributed by atoms with van der Waals surface area (Å²) in [4.78, 5) is 251. The van der Waals surface area contributed by atoms with Crippen molar-refractivity contribution in [1.29, 1.82) is 0 Å². The first-order chi connectivity index (χ1) is 64.8. The van der Waals surface area contributed by atoms with E-state index >= 15 is 0 Å². The molecule has 0 radical (unpaired) electrons. The van der Waals surface area contributed by atoms with E-state index in [9.17, 15) is 116 Å². The number of carboxylic acids is 1. The summed E-state index contributed by atoms with van der Waals surface area (Å²) in [5, 5.41) is 37.6. The molecule has 1 aromatic heterocycles. The number of nitrogens with one attached hydrogen (secondary N) is 8. The smallest absolute Gasteiger partial charge is 0.369 e. The first kappa shape index (κ1) is 115. The Kier molecular flexibility index (Phi) is 52.0. The maximum Gasteiger partial charge on any atom is 0.369 e. The van der Waals surface area contributed by atoms with Crippen molar-refractivity contribution >= 4 is 138 Å². The lowest BCUT2D eigenvalue weighted by molar-refractivity contribution is -0.140. The predicted molar refractivity (Wildman–Crippen MR) is 504 cm³/mol. The molecule has 1 unspecified atom stereocenters. The Hall–Kier alpha value is -9.74. The van der Waals surface area contributed by atoms with Crippen molar-refractivity contribution in [2.24, 2.45) is 34.6 Å². The number of ether oxygens (including phenoxy) is 4. The Labute approximate surface area is 796 Å². The van der Waals surface area contributed by atoms with Gasteiger partial charge in [-0.15, -0.1) is 11.8 Å². The van der Waals surface area contributed by atoms with E-state index < -0.39 is 109 Å². The van der Waals surface area contributed by atoms with Crippen molar-refractivity contribution in [2.75, 3.05) is 102 Å². The summed E-state index contributed by atoms with van der Waals surface area (Å²) in [6.45, 7) is 4.44. The molecule has 18 N–H and O–H groups in total. The van der Waals surface area contributed by atoms with E-state index in [0.29, 0.717) is 107 Å². The molecule has 1 aliphatic heterocycles. The molecular formula is C93H138N12O28P2S. The highest BCUT2D eigenvalue weighted by molar-refractivity contribution is 8.00. The van der Waals surface area contributed by atoms with Gasteiger partial charge in [-0.05, 0) is 175 Å². The number of carbonyl (C=O) groups is 16. The highest BCUT2D eigenvalue weighted by Crippen LogP contribution is 2.69. The molecule has 1 saturated heterocycles. The Morgan fingerprint density at radius 2 is 1.22 bits per heavy atom. The number of pyridine rings is 1. The Bertz CT molecular complexity index is 4520. The maximum atomic E-state index is 14.6. The number of unbranched alkanes of at least 4 members (excludes halogenated alkanes) is 3. The number of para-hydroxylation sites is 1. The van der Waals surface area contributed by atoms with Gasteiger partial charge in [0.05, 0.1) is 62.4 Å². The van der Waals surface area contributed by atoms with E-state index in [1.807, 2.05) is 25.1 Å². The largest absolute Gasteiger partial charge is 0.481 e. The topological polar surface area (TPSA) is 630 Å². The number of aromatic nitrogens is 1. The quantitative estimate of drug-likeness (QED) is 0.0120. The highest BCUT2D eigenvalue weighted by atomic mass is 32.2. The number of likely N-dealkylation sites (tertiary alicyclic amines) is 1. The summed E-state index contributed by atoms with van der Waals surface area (Å²) >= 11 is 1.09. The van der Waals surface area contributed by atoms with Crippen LogP contribution in [-0.2, 0) is 106 Å². The second-order valence-electron chi connectivity index (χ2n) is 34.8. The number of amides is 11. The third-order valence-corrected chi connectivity index (χ3v) is 29.2. The molecule has 136 heavy (non-hydrogen) atoms. The first-order valence-corrected chi connectivity index (χ1v) is 51.1. The van der Waals surface area contributed by atoms with Crippen LogP contribution in [0.3, 0.4) is 0 Å². The number of nitrogens with two attached hydrogens (primary N) is 2. The van der Waals surface area contributed by atoms with Crippen molar-refractivity contribution in [3.05, 3.63) is 95.8 Å². The summed E-state index contributed by atoms with van der Waals surface area (Å²) in [6.07, 6.45) is 12.3. The lowest BCUT2D eigenvalue weighted by Gasteiger charge is -2.36. The van der Waals surface area contributed by atoms with Gasteiger partial charge in [-0.1, -0.05) is 62.1 Å². The highest BCUT2D eigenvalue weighted by Gasteiger charge is 2.59. The summed E-state index contributed by atoms with van der Waals surface area (Å²) in [7, 11) is -11.2. The number of carboxylic acid groups (broad SMARTS) is 1. The van der Waals surface area contributed by atoms with Crippen molar-refractivity contribution in [2.45, 2.75) is 254 Å². The van der Waals surface area contributed by atoms with E-state index in [1.54, 1.807) is 60.9 Å². The van der Waals surface area contributed by atoms with Crippen molar-refractivity contribution in [3.8, 4) is 0 Å². The fourth-order valence-corrected chi connectivity index (χ4v) is 19.5. The molecule has 43 heteroatoms. The third-order valence-electron chi connectivity index (χ3n) is 24.0. The normalized spacial score (nSPS) is 16.5. The zero-order valence-electron chi connectivity index (χ0n) is 77.6. The SMILES string of the molecule is Cc1ccccc1NC(=O)Nc1ccc(CC(=O)C[C@@H](CCCCNC(=O)/C=C/c2cccnc2)C(=O)N[C@@H](CCCC(=O)O)C(=O)CC2(C(=O)NCCOCCOCCCC(=O)CCC(=O)NCCOCCOCCCC(=O)CCC(=O)N[C@@H](CCCCNC(=O)[C@H](N)CSC3CC(=O)N(CC4CCC(C(=O)CCCCC(O)(P(=O)(O)O)P(=O)(O)O)CC4)C3=O)C(N)=O)CCCCC2)cc1. The van der Waals surface area contributed by atoms with Crippen LogP contribution in [0.25, 0.3) is 6.08 Å². The van der Waals surface area contributed by atoms with Crippen LogP contribution in [-0.4, -0.2) is 254 Å². The summed E-state index contributed by atoms with van der Waals surface area (Å²) < 4.78 is 45.7. The lowest BCUT2D eigenvalue weighted by Crippen LogP contribution is -2.49. The second kappa shape index (κ2) is 61.6. The molecule has 3 aromatic rings. The van der Waals surface area contributed by atoms with E-state index in [0.717, 1.165) is 29.3 Å². The van der Waals surface area contributed by atoms with E-state index in [-0.39, 0.29) is 266 Å². The molecule has 3 aliphatic rings. The van der Waals surface area contributed by atoms with Crippen molar-refractivity contribution in [1.82, 2.24) is 41.8 Å². The minimum Gasteiger partial charge on any atom is -0.481 e. The fraction of sp³-hybridized carbons (Fsp3) is 0.624. The zero-order chi connectivity index (χ0) is 99.5. The van der Waals surface area contributed by atoms with Gasteiger partial charge in [-0.25, -0.2) is 4.79 Å². The first-order valence-electron chi connectivity index (χ1n) is 46.8. The summed E-state index contributed by atoms with van der Waals surface area (Å²) in [5.41, 5.74) is 14.0. The van der Waals surface area contributed by atoms with Crippen LogP contribution in [0.1, 0.15) is 229 Å². The molecule has 754 valence electrons. The van der Waals surface area contributed by atoms with E-state index in [4.69, 9.17) is 30.4 Å². The molecule has 3 fully saturated rings. The standard InChI is InChI=1S/C93H138N12O28P2S/c1-64-17-3-4-22-75(64)104-91(122)101-70-34-29-65(30-35-70)57-73(108)58-69(19-6-11-45-97-81(111)38-31-66-18-14-44-96-61-66)87(118)103-76(24-13-26-85(115)116)79(110)60-92(41-8-2-9-42-92)90(121)100-48-52-133-56-54-131-49-15-20-71(106)36-39-82(112)98-47-51-132-55-53-130-50-16-21-72(107)37-40-83(113)102-77(86(95)117)23-7-12-46-99-88(119)74(94)63-136-80-59-84(114)105(89(80)120)62-67-27-32-68(33-28-67)78(109)25-5-10-43-93(123,134(124,125)126)135(127,128)129/h3-4,14,17-18,22,29-31,34-35,38,44,61,67-69,74,76-77,80,123H,2,5-13,15-16,19-21,23-28,32-33,36-37,39-43,45-60,62-63,94H2,1H3,(H2,95,117)(H,97,111)(H,98,112)(H,99,119)(H,100,121)(H,102,113)(H,103,118)(H,115,116)(H2,101,104,122)(H2,124,125,126)(H2,127,128,129)/b38-31+/t67?,68?,69-,74-,76+,77+,80?/m1/s1. The summed E-state index contributed by atoms with van der Waals surface area (Å²) in [6, 6.07) is 13.9. The third kappa shape index (κ3) is 43.5. The van der Waals surface area contributed by atoms with E-state index in [2.05, 4.69) is 47.5 Å². The fourth-order valence-electron chi connectivity index (χ4n) is 16.1. The number of carbonyl (C=O) groups excluding carboxylic acids is 15. The number of aliphatic carboxylic acids is 1. The number of urea groups is 1. The molecule has 0 bridgehead atoms. The molecule has 5 atom stereocenters. The number of nitrogens with zero attached hydrogens (tertiary/aromatic N) is 2. The molecule has 2 aromatic carbocycles. The average molecular weight is 1970 g/mol. The van der Waals surface area contributed by atoms with Gasteiger partial charge in [-0.2, -0.15) is 0 Å². The van der Waals surface area contributed by atoms with Gasteiger partial charge in [-0.3, -0.25) is 90.9 Å². The Morgan fingerprint density at radius 3 is 1.84 bits per heavy atom. The van der Waals surface area contributed by atoms with Crippen LogP contribution >= 0.6 is 27.0 Å². The predicted octanol–water partition coefficient (Wildman–Crippen LogP) is 6.74. The van der Waals surface area contributed by atoms with Crippen LogP contribution in [0.5, 0.6) is 0 Å². The zero-order valence-corrected chi connectivity index (χ0v) is 80.2. The summed E-state index contributed by atoms with van der Waals surface area (Å²) in [5.74, 6) is -7.71. The van der Waals surface area contributed by atoms with Crippen LogP contribution in [0.4, 0.5) is 16.2 Å². The number of rotatable bonds is 70. The Balaban J connectivity index is 0.760. The number of imide groups is 1. The van der Waals surface area contributed by atoms with Crippen LogP contribution in [0.2, 0.25) is 0 Å². The molecule has 2 heterocycles. The molecule has 2 aliphatic carbocycles. The number of aliphatic hydroxyl groups is 1. The molecule has 11 amide bonds. The van der Waals surface area contributed by atoms with Gasteiger partial charge in [0.15, 0.2) is 5.78 Å². The number of hydrogen-bond donors (Lipinski definition) is 16. The minimum atomic E-state index is -5.60. The van der Waals surface area contributed by atoms with Gasteiger partial charge in [0.25, 0.3) is 5.08 Å². The average Bonchev–Trinajstić information content (AvgIpc) is 0.914. The van der Waals surface area contributed by atoms with Crippen LogP contribution < -0.4 is 54.0 Å². The van der Waals surface area contributed by atoms with Gasteiger partial charge < -0.3 is 103 Å². The number of Topliss-reactive ketones (excluding diaryl/α,β-unsaturated/α-hetero) is 5. The number of aryl methyl sites for hydroxylation is 1. The van der Waals surface area contributed by atoms with Crippen LogP contribution in [0, 0.1) is 30.1 Å². The van der Waals surface area contributed by atoms with Gasteiger partial charge in [0.2, 0.25) is 53.2 Å². The molecule has 2 saturated carbocycles. The number of thioether (sulfide) groups is 1. The van der Waals surface area contributed by atoms with Gasteiger partial charge in [0, 0.05) is 170 Å². The molecule has 6 rings (SSSR count). The number of ketones is 5. The monoisotopic (exact) mass is 1960 g/mol. The molecule has 40 nitrogen and oxygen atoms in total. The number of benzene rings is 2. The Morgan fingerprint density at radius 1 is 0.610 bits per heavy atom. The van der Waals surface area contributed by atoms with Crippen molar-refractivity contribution < 1.29 is 135 Å². The van der Waals surface area contributed by atoms with Crippen molar-refractivity contribution in [3.63, 3.8) is 0 Å². The molecule has 0 spiro atoms. The van der Waals surface area contributed by atoms with Crippen LogP contribution in [0.15, 0.2) is 79.1 Å². The number of anilines is 2. The van der Waals surface area contributed by atoms with Gasteiger partial charge in [0.1, 0.15) is 29.2 Å². The number of primary amides is 1. The molecular weight excluding hydrogens is 1830 g/mol. The minimum absolute atomic E-state index is 0.00701. The maximum absolute atomic E-state index is 14.6. The van der Waals surface area contributed by atoms with Gasteiger partial charge >= 0.3 is 27.2 Å². The van der Waals surface area contributed by atoms with E-state index in [1.165, 1.54) is 11.0 Å². The second-order valence-corrected chi connectivity index (χ2v) is 40.1. The number of hydrogen-bond acceptors (Lipinski definition) is 26.